The maximum absolute atomic E-state index is 13.0. The third-order valence-electron chi connectivity index (χ3n) is 5.16. The molecule has 0 aliphatic carbocycles. The van der Waals surface area contributed by atoms with Crippen LogP contribution in [0.15, 0.2) is 59.5 Å². The number of carbonyl (C=O) groups is 2. The molecule has 0 aliphatic rings. The van der Waals surface area contributed by atoms with Crippen molar-refractivity contribution in [1.29, 1.82) is 0 Å². The maximum Gasteiger partial charge on any atom is 0.242 e. The van der Waals surface area contributed by atoms with Crippen LogP contribution in [0.3, 0.4) is 0 Å². The van der Waals surface area contributed by atoms with Crippen molar-refractivity contribution < 1.29 is 18.0 Å². The fraction of sp³-hybridized carbons (Fsp3) is 0.391. The van der Waals surface area contributed by atoms with Crippen molar-refractivity contribution >= 4 is 21.8 Å². The van der Waals surface area contributed by atoms with E-state index < -0.39 is 16.1 Å². The summed E-state index contributed by atoms with van der Waals surface area (Å²) < 4.78 is 26.5. The second-order valence-corrected chi connectivity index (χ2v) is 9.59. The van der Waals surface area contributed by atoms with Gasteiger partial charge in [0.25, 0.3) is 0 Å². The highest BCUT2D eigenvalue weighted by Crippen LogP contribution is 2.16. The van der Waals surface area contributed by atoms with Crippen molar-refractivity contribution in [3.05, 3.63) is 65.7 Å². The van der Waals surface area contributed by atoms with Crippen LogP contribution in [0.25, 0.3) is 0 Å². The van der Waals surface area contributed by atoms with Crippen molar-refractivity contribution in [3.8, 4) is 0 Å². The third kappa shape index (κ3) is 6.63. The van der Waals surface area contributed by atoms with Crippen molar-refractivity contribution in [1.82, 2.24) is 14.5 Å². The van der Waals surface area contributed by atoms with Crippen molar-refractivity contribution in [3.63, 3.8) is 0 Å². The molecule has 1 atom stereocenters. The Hall–Kier alpha value is -2.71. The molecule has 0 radical (unpaired) electrons. The molecule has 2 rings (SSSR count). The lowest BCUT2D eigenvalue weighted by atomic mass is 10.1. The number of rotatable bonds is 10. The first-order chi connectivity index (χ1) is 14.7. The normalized spacial score (nSPS) is 12.4. The Labute approximate surface area is 185 Å². The van der Waals surface area contributed by atoms with Crippen LogP contribution in [0.2, 0.25) is 0 Å². The van der Waals surface area contributed by atoms with Gasteiger partial charge < -0.3 is 10.2 Å². The number of hydrogen-bond acceptors (Lipinski definition) is 4. The van der Waals surface area contributed by atoms with Gasteiger partial charge in [0.1, 0.15) is 6.04 Å². The van der Waals surface area contributed by atoms with Crippen LogP contribution in [0.4, 0.5) is 0 Å². The monoisotopic (exact) mass is 445 g/mol. The summed E-state index contributed by atoms with van der Waals surface area (Å²) in [4.78, 5) is 26.9. The molecular weight excluding hydrogens is 414 g/mol. The molecule has 2 aromatic carbocycles. The maximum atomic E-state index is 13.0. The van der Waals surface area contributed by atoms with E-state index >= 15 is 0 Å². The molecule has 0 bridgehead atoms. The summed E-state index contributed by atoms with van der Waals surface area (Å²) in [5, 5.41) is 2.59. The number of sulfonamides is 1. The van der Waals surface area contributed by atoms with Gasteiger partial charge in [-0.05, 0) is 38.0 Å². The smallest absolute Gasteiger partial charge is 0.242 e. The molecule has 0 unspecified atom stereocenters. The second kappa shape index (κ2) is 11.1. The molecular formula is C23H31N3O4S. The first-order valence-electron chi connectivity index (χ1n) is 10.2. The lowest BCUT2D eigenvalue weighted by Crippen LogP contribution is -2.46. The zero-order chi connectivity index (χ0) is 23.0. The van der Waals surface area contributed by atoms with Gasteiger partial charge in [-0.2, -0.15) is 0 Å². The van der Waals surface area contributed by atoms with Crippen LogP contribution in [-0.2, 0) is 26.2 Å². The average molecular weight is 446 g/mol. The predicted octanol–water partition coefficient (Wildman–Crippen LogP) is 2.56. The number of aryl methyl sites for hydroxylation is 1. The molecule has 0 saturated heterocycles. The van der Waals surface area contributed by atoms with E-state index in [0.29, 0.717) is 13.0 Å². The van der Waals surface area contributed by atoms with E-state index in [1.807, 2.05) is 31.2 Å². The number of amides is 2. The van der Waals surface area contributed by atoms with E-state index in [9.17, 15) is 18.0 Å². The van der Waals surface area contributed by atoms with E-state index in [1.165, 1.54) is 18.4 Å². The molecule has 31 heavy (non-hydrogen) atoms. The number of nitrogens with zero attached hydrogens (tertiary/aromatic N) is 2. The van der Waals surface area contributed by atoms with Gasteiger partial charge in [-0.15, -0.1) is 0 Å². The fourth-order valence-electron chi connectivity index (χ4n) is 3.29. The van der Waals surface area contributed by atoms with E-state index in [2.05, 4.69) is 5.32 Å². The zero-order valence-corrected chi connectivity index (χ0v) is 19.4. The molecule has 2 amide bonds. The number of likely N-dealkylation sites (N-methyl/N-ethyl adjacent to an activating group) is 1. The Kier molecular flexibility index (Phi) is 8.76. The number of hydrogen-bond donors (Lipinski definition) is 1. The molecule has 2 aromatic rings. The van der Waals surface area contributed by atoms with E-state index in [4.69, 9.17) is 0 Å². The molecule has 0 fully saturated rings. The molecule has 0 saturated carbocycles. The standard InChI is InChI=1S/C23H31N3O4S/c1-18-10-8-11-20(16-18)17-26(19(2)23(28)24-3)22(27)14-9-15-25(4)31(29,30)21-12-6-5-7-13-21/h5-8,10-13,16,19H,9,14-15,17H2,1-4H3,(H,24,28)/t19-/m1/s1. The van der Waals surface area contributed by atoms with Gasteiger partial charge in [-0.1, -0.05) is 48.0 Å². The van der Waals surface area contributed by atoms with Gasteiger partial charge >= 0.3 is 0 Å². The lowest BCUT2D eigenvalue weighted by molar-refractivity contribution is -0.140. The summed E-state index contributed by atoms with van der Waals surface area (Å²) in [6.07, 6.45) is 0.494. The predicted molar refractivity (Wildman–Crippen MR) is 121 cm³/mol. The van der Waals surface area contributed by atoms with E-state index in [0.717, 1.165) is 11.1 Å². The molecule has 0 aliphatic heterocycles. The largest absolute Gasteiger partial charge is 0.357 e. The third-order valence-corrected chi connectivity index (χ3v) is 7.04. The Balaban J connectivity index is 2.05. The Morgan fingerprint density at radius 3 is 2.35 bits per heavy atom. The molecule has 8 heteroatoms. The van der Waals surface area contributed by atoms with Gasteiger partial charge in [0.15, 0.2) is 0 Å². The van der Waals surface area contributed by atoms with Gasteiger partial charge in [0, 0.05) is 33.6 Å². The van der Waals surface area contributed by atoms with Crippen LogP contribution in [0, 0.1) is 6.92 Å². The molecule has 0 spiro atoms. The van der Waals surface area contributed by atoms with Crippen molar-refractivity contribution in [2.24, 2.45) is 0 Å². The quantitative estimate of drug-likeness (QED) is 0.609. The minimum absolute atomic E-state index is 0.141. The summed E-state index contributed by atoms with van der Waals surface area (Å²) >= 11 is 0. The van der Waals surface area contributed by atoms with Crippen LogP contribution in [0.1, 0.15) is 30.9 Å². The number of benzene rings is 2. The van der Waals surface area contributed by atoms with E-state index in [-0.39, 0.29) is 29.7 Å². The topological polar surface area (TPSA) is 86.8 Å². The van der Waals surface area contributed by atoms with Crippen LogP contribution in [-0.4, -0.2) is 56.1 Å². The highest BCUT2D eigenvalue weighted by Gasteiger charge is 2.26. The second-order valence-electron chi connectivity index (χ2n) is 7.54. The summed E-state index contributed by atoms with van der Waals surface area (Å²) in [5.74, 6) is -0.437. The molecule has 168 valence electrons. The first kappa shape index (κ1) is 24.6. The first-order valence-corrected chi connectivity index (χ1v) is 11.7. The van der Waals surface area contributed by atoms with E-state index in [1.54, 1.807) is 42.2 Å². The molecule has 0 heterocycles. The minimum atomic E-state index is -3.60. The summed E-state index contributed by atoms with van der Waals surface area (Å²) in [6, 6.07) is 15.4. The number of carbonyl (C=O) groups excluding carboxylic acids is 2. The summed E-state index contributed by atoms with van der Waals surface area (Å²) in [6.45, 7) is 4.18. The number of nitrogens with one attached hydrogen (secondary N) is 1. The summed E-state index contributed by atoms with van der Waals surface area (Å²) in [5.41, 5.74) is 2.01. The zero-order valence-electron chi connectivity index (χ0n) is 18.5. The van der Waals surface area contributed by atoms with Gasteiger partial charge in [-0.25, -0.2) is 12.7 Å². The van der Waals surface area contributed by atoms with Crippen molar-refractivity contribution in [2.75, 3.05) is 20.6 Å². The fourth-order valence-corrected chi connectivity index (χ4v) is 4.52. The highest BCUT2D eigenvalue weighted by molar-refractivity contribution is 7.89. The van der Waals surface area contributed by atoms with Crippen LogP contribution >= 0.6 is 0 Å². The average Bonchev–Trinajstić information content (AvgIpc) is 2.76. The van der Waals surface area contributed by atoms with Gasteiger partial charge in [0.05, 0.1) is 4.90 Å². The molecule has 7 nitrogen and oxygen atoms in total. The summed E-state index contributed by atoms with van der Waals surface area (Å²) in [7, 11) is -0.556. The Morgan fingerprint density at radius 2 is 1.74 bits per heavy atom. The minimum Gasteiger partial charge on any atom is -0.357 e. The lowest BCUT2D eigenvalue weighted by Gasteiger charge is -2.29. The highest BCUT2D eigenvalue weighted by atomic mass is 32.2. The van der Waals surface area contributed by atoms with Crippen LogP contribution < -0.4 is 5.32 Å². The SMILES string of the molecule is CNC(=O)[C@@H](C)N(Cc1cccc(C)c1)C(=O)CCCN(C)S(=O)(=O)c1ccccc1. The Bertz CT molecular complexity index is 993. The van der Waals surface area contributed by atoms with Crippen molar-refractivity contribution in [2.45, 2.75) is 44.2 Å². The Morgan fingerprint density at radius 1 is 1.06 bits per heavy atom. The van der Waals surface area contributed by atoms with Gasteiger partial charge in [0.2, 0.25) is 21.8 Å². The van der Waals surface area contributed by atoms with Crippen LogP contribution in [0.5, 0.6) is 0 Å². The molecule has 1 N–H and O–H groups in total. The van der Waals surface area contributed by atoms with Gasteiger partial charge in [-0.3, -0.25) is 9.59 Å². The molecule has 0 aromatic heterocycles.